The Bertz CT molecular complexity index is 1280. The second kappa shape index (κ2) is 10.5. The van der Waals surface area contributed by atoms with Crippen LogP contribution in [0.2, 0.25) is 5.02 Å². The second-order valence-corrected chi connectivity index (χ2v) is 9.10. The molecule has 0 spiro atoms. The Labute approximate surface area is 197 Å². The fourth-order valence-corrected chi connectivity index (χ4v) is 4.31. The van der Waals surface area contributed by atoms with E-state index in [9.17, 15) is 18.0 Å². The normalized spacial score (nSPS) is 11.0. The SMILES string of the molecule is CCOc1ccc(S(=O)(=O)Nc2ccc(Cl)cc2C(=O)c2ccccc2)cc1NC(=O)CC. The zero-order valence-electron chi connectivity index (χ0n) is 18.1. The highest BCUT2D eigenvalue weighted by Crippen LogP contribution is 2.30. The first-order chi connectivity index (χ1) is 15.7. The number of anilines is 2. The van der Waals surface area contributed by atoms with Crippen LogP contribution >= 0.6 is 11.6 Å². The van der Waals surface area contributed by atoms with Gasteiger partial charge in [-0.3, -0.25) is 14.3 Å². The highest BCUT2D eigenvalue weighted by Gasteiger charge is 2.22. The molecule has 33 heavy (non-hydrogen) atoms. The van der Waals surface area contributed by atoms with Gasteiger partial charge in [-0.25, -0.2) is 8.42 Å². The fourth-order valence-electron chi connectivity index (χ4n) is 3.04. The van der Waals surface area contributed by atoms with Crippen molar-refractivity contribution in [3.63, 3.8) is 0 Å². The first kappa shape index (κ1) is 24.3. The van der Waals surface area contributed by atoms with Gasteiger partial charge in [-0.05, 0) is 43.3 Å². The van der Waals surface area contributed by atoms with Gasteiger partial charge in [0.1, 0.15) is 5.75 Å². The number of carbonyl (C=O) groups is 2. The second-order valence-electron chi connectivity index (χ2n) is 6.98. The molecule has 172 valence electrons. The molecule has 0 fully saturated rings. The molecular weight excluding hydrogens is 464 g/mol. The number of sulfonamides is 1. The summed E-state index contributed by atoms with van der Waals surface area (Å²) in [6.07, 6.45) is 0.219. The lowest BCUT2D eigenvalue weighted by molar-refractivity contribution is -0.115. The monoisotopic (exact) mass is 486 g/mol. The number of rotatable bonds is 9. The van der Waals surface area contributed by atoms with Crippen molar-refractivity contribution in [2.75, 3.05) is 16.6 Å². The Morgan fingerprint density at radius 2 is 1.67 bits per heavy atom. The van der Waals surface area contributed by atoms with Crippen molar-refractivity contribution in [2.45, 2.75) is 25.2 Å². The van der Waals surface area contributed by atoms with E-state index in [0.717, 1.165) is 0 Å². The third kappa shape index (κ3) is 5.91. The summed E-state index contributed by atoms with van der Waals surface area (Å²) < 4.78 is 34.3. The van der Waals surface area contributed by atoms with Crippen LogP contribution in [0.3, 0.4) is 0 Å². The van der Waals surface area contributed by atoms with Crippen molar-refractivity contribution in [3.8, 4) is 5.75 Å². The molecule has 0 aliphatic heterocycles. The van der Waals surface area contributed by atoms with Crippen LogP contribution in [0, 0.1) is 0 Å². The van der Waals surface area contributed by atoms with Crippen molar-refractivity contribution in [3.05, 3.63) is 82.9 Å². The van der Waals surface area contributed by atoms with E-state index in [0.29, 0.717) is 22.9 Å². The number of nitrogens with one attached hydrogen (secondary N) is 2. The minimum atomic E-state index is -4.11. The number of hydrogen-bond donors (Lipinski definition) is 2. The topological polar surface area (TPSA) is 102 Å². The summed E-state index contributed by atoms with van der Waals surface area (Å²) in [7, 11) is -4.11. The predicted octanol–water partition coefficient (Wildman–Crippen LogP) is 5.12. The smallest absolute Gasteiger partial charge is 0.261 e. The molecule has 0 saturated heterocycles. The molecule has 0 aliphatic carbocycles. The Morgan fingerprint density at radius 3 is 2.33 bits per heavy atom. The van der Waals surface area contributed by atoms with Gasteiger partial charge < -0.3 is 10.1 Å². The van der Waals surface area contributed by atoms with E-state index >= 15 is 0 Å². The number of hydrogen-bond acceptors (Lipinski definition) is 5. The fraction of sp³-hybridized carbons (Fsp3) is 0.167. The number of halogens is 1. The number of ether oxygens (including phenoxy) is 1. The molecule has 1 amide bonds. The molecule has 3 rings (SSSR count). The summed E-state index contributed by atoms with van der Waals surface area (Å²) in [5, 5.41) is 2.95. The first-order valence-electron chi connectivity index (χ1n) is 10.2. The van der Waals surface area contributed by atoms with E-state index in [4.69, 9.17) is 16.3 Å². The van der Waals surface area contributed by atoms with Gasteiger partial charge in [0, 0.05) is 22.6 Å². The molecule has 0 atom stereocenters. The maximum Gasteiger partial charge on any atom is 0.261 e. The van der Waals surface area contributed by atoms with Crippen LogP contribution in [0.5, 0.6) is 5.75 Å². The van der Waals surface area contributed by atoms with Gasteiger partial charge in [-0.15, -0.1) is 0 Å². The average molecular weight is 487 g/mol. The summed E-state index contributed by atoms with van der Waals surface area (Å²) >= 11 is 6.08. The van der Waals surface area contributed by atoms with Crippen molar-refractivity contribution in [2.24, 2.45) is 0 Å². The van der Waals surface area contributed by atoms with Crippen LogP contribution in [0.25, 0.3) is 0 Å². The third-order valence-electron chi connectivity index (χ3n) is 4.66. The van der Waals surface area contributed by atoms with Gasteiger partial charge in [0.05, 0.1) is 22.9 Å². The Kier molecular flexibility index (Phi) is 7.73. The van der Waals surface area contributed by atoms with E-state index in [1.54, 1.807) is 44.2 Å². The molecule has 0 aliphatic rings. The van der Waals surface area contributed by atoms with Crippen molar-refractivity contribution in [1.82, 2.24) is 0 Å². The van der Waals surface area contributed by atoms with Crippen LogP contribution in [0.15, 0.2) is 71.6 Å². The summed E-state index contributed by atoms with van der Waals surface area (Å²) in [5.74, 6) is -0.310. The van der Waals surface area contributed by atoms with Gasteiger partial charge in [0.25, 0.3) is 10.0 Å². The van der Waals surface area contributed by atoms with Crippen LogP contribution in [0.1, 0.15) is 36.2 Å². The Hall–Kier alpha value is -3.36. The molecular formula is C24H23ClN2O5S. The molecule has 0 heterocycles. The van der Waals surface area contributed by atoms with Crippen LogP contribution in [0.4, 0.5) is 11.4 Å². The van der Waals surface area contributed by atoms with Crippen LogP contribution in [-0.4, -0.2) is 26.7 Å². The van der Waals surface area contributed by atoms with Crippen molar-refractivity contribution >= 4 is 44.7 Å². The van der Waals surface area contributed by atoms with Gasteiger partial charge in [-0.2, -0.15) is 0 Å². The van der Waals surface area contributed by atoms with Gasteiger partial charge in [-0.1, -0.05) is 48.9 Å². The molecule has 9 heteroatoms. The average Bonchev–Trinajstić information content (AvgIpc) is 2.81. The molecule has 2 N–H and O–H groups in total. The van der Waals surface area contributed by atoms with Gasteiger partial charge in [0.15, 0.2) is 5.78 Å². The molecule has 0 saturated carbocycles. The lowest BCUT2D eigenvalue weighted by Crippen LogP contribution is -2.17. The molecule has 0 bridgehead atoms. The number of benzene rings is 3. The lowest BCUT2D eigenvalue weighted by atomic mass is 10.0. The molecule has 7 nitrogen and oxygen atoms in total. The quantitative estimate of drug-likeness (QED) is 0.409. The highest BCUT2D eigenvalue weighted by atomic mass is 35.5. The van der Waals surface area contributed by atoms with E-state index in [-0.39, 0.29) is 39.9 Å². The zero-order chi connectivity index (χ0) is 24.0. The summed E-state index contributed by atoms with van der Waals surface area (Å²) in [4.78, 5) is 24.8. The predicted molar refractivity (Wildman–Crippen MR) is 129 cm³/mol. The Morgan fingerprint density at radius 1 is 0.939 bits per heavy atom. The van der Waals surface area contributed by atoms with Crippen LogP contribution in [-0.2, 0) is 14.8 Å². The van der Waals surface area contributed by atoms with Gasteiger partial charge in [0.2, 0.25) is 5.91 Å². The molecule has 0 unspecified atom stereocenters. The van der Waals surface area contributed by atoms with Crippen molar-refractivity contribution in [1.29, 1.82) is 0 Å². The summed E-state index contributed by atoms with van der Waals surface area (Å²) in [5.41, 5.74) is 0.832. The summed E-state index contributed by atoms with van der Waals surface area (Å²) in [6, 6.07) is 17.0. The lowest BCUT2D eigenvalue weighted by Gasteiger charge is -2.15. The maximum absolute atomic E-state index is 13.2. The van der Waals surface area contributed by atoms with E-state index in [2.05, 4.69) is 10.0 Å². The zero-order valence-corrected chi connectivity index (χ0v) is 19.7. The van der Waals surface area contributed by atoms with Gasteiger partial charge >= 0.3 is 0 Å². The van der Waals surface area contributed by atoms with E-state index in [1.165, 1.54) is 36.4 Å². The maximum atomic E-state index is 13.2. The first-order valence-corrected chi connectivity index (χ1v) is 12.1. The molecule has 3 aromatic carbocycles. The summed E-state index contributed by atoms with van der Waals surface area (Å²) in [6.45, 7) is 3.81. The number of carbonyl (C=O) groups excluding carboxylic acids is 2. The Balaban J connectivity index is 1.99. The minimum Gasteiger partial charge on any atom is -0.492 e. The van der Waals surface area contributed by atoms with E-state index in [1.807, 2.05) is 0 Å². The van der Waals surface area contributed by atoms with Crippen molar-refractivity contribution < 1.29 is 22.7 Å². The minimum absolute atomic E-state index is 0.0845. The molecule has 3 aromatic rings. The van der Waals surface area contributed by atoms with Crippen LogP contribution < -0.4 is 14.8 Å². The standard InChI is InChI=1S/C24H23ClN2O5S/c1-3-23(28)26-21-15-18(11-13-22(21)32-4-2)33(30,31)27-20-12-10-17(25)14-19(20)24(29)16-8-6-5-7-9-16/h5-15,27H,3-4H2,1-2H3,(H,26,28). The number of amides is 1. The number of ketones is 1. The largest absolute Gasteiger partial charge is 0.492 e. The highest BCUT2D eigenvalue weighted by molar-refractivity contribution is 7.92. The molecule has 0 radical (unpaired) electrons. The third-order valence-corrected chi connectivity index (χ3v) is 6.26. The molecule has 0 aromatic heterocycles. The van der Waals surface area contributed by atoms with E-state index < -0.39 is 10.0 Å².